The molecular weight excluding hydrogens is 264 g/mol. The van der Waals surface area contributed by atoms with E-state index >= 15 is 0 Å². The lowest BCUT2D eigenvalue weighted by Crippen LogP contribution is -2.37. The third-order valence-corrected chi connectivity index (χ3v) is 3.86. The second-order valence-corrected chi connectivity index (χ2v) is 5.41. The predicted molar refractivity (Wildman–Crippen MR) is 87.2 cm³/mol. The highest BCUT2D eigenvalue weighted by Gasteiger charge is 2.24. The molecule has 0 N–H and O–H groups in total. The lowest BCUT2D eigenvalue weighted by atomic mass is 10.2. The van der Waals surface area contributed by atoms with Crippen molar-refractivity contribution >= 4 is 23.1 Å². The molecule has 3 heteroatoms. The summed E-state index contributed by atoms with van der Waals surface area (Å²) < 4.78 is 98.0. The summed E-state index contributed by atoms with van der Waals surface area (Å²) in [5, 5.41) is 0. The number of rotatable bonds is 3. The molecule has 2 aromatic rings. The molecular formula is C17H20N2S. The quantitative estimate of drug-likeness (QED) is 0.836. The third kappa shape index (κ3) is 2.43. The number of nitrogens with zero attached hydrogens (tertiary/aromatic N) is 2. The van der Waals surface area contributed by atoms with Crippen molar-refractivity contribution in [3.05, 3.63) is 48.3 Å². The molecule has 3 rings (SSSR count). The highest BCUT2D eigenvalue weighted by Crippen LogP contribution is 2.47. The van der Waals surface area contributed by atoms with E-state index in [0.29, 0.717) is 0 Å². The van der Waals surface area contributed by atoms with Crippen LogP contribution in [0.15, 0.2) is 58.1 Å². The van der Waals surface area contributed by atoms with Crippen molar-refractivity contribution < 1.29 is 16.4 Å². The summed E-state index contributed by atoms with van der Waals surface area (Å²) in [4.78, 5) is 2.27. The van der Waals surface area contributed by atoms with E-state index in [2.05, 4.69) is 0 Å². The first kappa shape index (κ1) is 5.39. The number of para-hydroxylation sites is 2. The van der Waals surface area contributed by atoms with Crippen molar-refractivity contribution in [3.8, 4) is 0 Å². The Morgan fingerprint density at radius 1 is 1.15 bits per heavy atom. The summed E-state index contributed by atoms with van der Waals surface area (Å²) in [5.74, 6) is 0. The summed E-state index contributed by atoms with van der Waals surface area (Å²) in [7, 11) is 2.78. The van der Waals surface area contributed by atoms with E-state index in [4.69, 9.17) is 16.4 Å². The molecule has 104 valence electrons. The zero-order valence-electron chi connectivity index (χ0n) is 23.0. The van der Waals surface area contributed by atoms with Gasteiger partial charge in [0.25, 0.3) is 0 Å². The Balaban J connectivity index is 2.44. The summed E-state index contributed by atoms with van der Waals surface area (Å²) in [6.07, 6.45) is 0. The van der Waals surface area contributed by atoms with E-state index in [0.717, 1.165) is 21.6 Å². The first-order valence-corrected chi connectivity index (χ1v) is 6.71. The van der Waals surface area contributed by atoms with Gasteiger partial charge < -0.3 is 9.80 Å². The Morgan fingerprint density at radius 3 is 2.20 bits per heavy atom. The van der Waals surface area contributed by atoms with Crippen molar-refractivity contribution in [1.29, 1.82) is 0 Å². The minimum absolute atomic E-state index is 0.000165. The fourth-order valence-electron chi connectivity index (χ4n) is 1.78. The maximum absolute atomic E-state index is 8.72. The summed E-state index contributed by atoms with van der Waals surface area (Å²) in [6, 6.07) is -6.26. The molecule has 2 nitrogen and oxygen atoms in total. The monoisotopic (exact) mass is 296 g/mol. The smallest absolute Gasteiger partial charge is 0.0645 e. The largest absolute Gasteiger partial charge is 0.338 e. The molecule has 0 aromatic heterocycles. The van der Waals surface area contributed by atoms with E-state index in [1.807, 2.05) is 0 Å². The summed E-state index contributed by atoms with van der Waals surface area (Å²) >= 11 is 0.777. The Kier molecular flexibility index (Phi) is 1.48. The Morgan fingerprint density at radius 2 is 1.70 bits per heavy atom. The molecule has 0 fully saturated rings. The van der Waals surface area contributed by atoms with Crippen molar-refractivity contribution in [2.24, 2.45) is 0 Å². The van der Waals surface area contributed by atoms with Gasteiger partial charge in [-0.15, -0.1) is 0 Å². The lowest BCUT2D eigenvalue weighted by molar-refractivity contribution is 0.319. The Hall–Kier alpha value is -1.45. The van der Waals surface area contributed by atoms with Crippen molar-refractivity contribution in [3.63, 3.8) is 0 Å². The van der Waals surface area contributed by atoms with E-state index in [1.54, 1.807) is 0 Å². The molecule has 0 amide bonds. The molecule has 1 aliphatic heterocycles. The van der Waals surface area contributed by atoms with Crippen LogP contribution in [0.1, 0.15) is 23.3 Å². The molecule has 2 aromatic carbocycles. The molecule has 1 aliphatic rings. The van der Waals surface area contributed by atoms with Gasteiger partial charge in [0.1, 0.15) is 0 Å². The van der Waals surface area contributed by atoms with Gasteiger partial charge in [-0.25, -0.2) is 0 Å². The maximum atomic E-state index is 8.72. The van der Waals surface area contributed by atoms with E-state index in [1.165, 1.54) is 14.1 Å². The van der Waals surface area contributed by atoms with Gasteiger partial charge in [0.15, 0.2) is 0 Å². The second-order valence-electron chi connectivity index (χ2n) is 4.38. The molecule has 20 heavy (non-hydrogen) atoms. The highest BCUT2D eigenvalue weighted by atomic mass is 32.2. The summed E-state index contributed by atoms with van der Waals surface area (Å²) in [6.45, 7) is -3.49. The van der Waals surface area contributed by atoms with Gasteiger partial charge >= 0.3 is 0 Å². The summed E-state index contributed by atoms with van der Waals surface area (Å²) in [5.41, 5.74) is -0.248. The van der Waals surface area contributed by atoms with Crippen LogP contribution in [-0.4, -0.2) is 31.6 Å². The maximum Gasteiger partial charge on any atom is 0.0645 e. The molecule has 1 unspecified atom stereocenters. The van der Waals surface area contributed by atoms with Crippen molar-refractivity contribution in [2.75, 3.05) is 25.5 Å². The van der Waals surface area contributed by atoms with Crippen LogP contribution in [0.4, 0.5) is 11.4 Å². The number of likely N-dealkylation sites (N-methyl/N-ethyl adjacent to an activating group) is 1. The SMILES string of the molecule is [2H]c1c([2H])c([2H])c2c(c1[2H])Sc1c([2H])c([2H])c([2H])c([2H])c1N2CC([2H])(N(C)C)C([2H])([2H])[2H]. The molecule has 0 bridgehead atoms. The minimum atomic E-state index is -2.85. The fourth-order valence-corrected chi connectivity index (χ4v) is 2.70. The van der Waals surface area contributed by atoms with E-state index in [-0.39, 0.29) is 21.2 Å². The fraction of sp³-hybridized carbons (Fsp3) is 0.294. The molecule has 0 saturated heterocycles. The van der Waals surface area contributed by atoms with Crippen LogP contribution in [0.25, 0.3) is 0 Å². The number of hydrogen-bond donors (Lipinski definition) is 0. The van der Waals surface area contributed by atoms with Gasteiger partial charge in [-0.05, 0) is 45.1 Å². The van der Waals surface area contributed by atoms with Crippen LogP contribution < -0.4 is 4.90 Å². The van der Waals surface area contributed by atoms with Crippen LogP contribution in [0.3, 0.4) is 0 Å². The van der Waals surface area contributed by atoms with Gasteiger partial charge in [-0.1, -0.05) is 35.9 Å². The van der Waals surface area contributed by atoms with Crippen LogP contribution >= 0.6 is 11.8 Å². The van der Waals surface area contributed by atoms with Crippen molar-refractivity contribution in [1.82, 2.24) is 4.90 Å². The van der Waals surface area contributed by atoms with Gasteiger partial charge in [0.2, 0.25) is 0 Å². The van der Waals surface area contributed by atoms with Crippen molar-refractivity contribution in [2.45, 2.75) is 22.7 Å². The van der Waals surface area contributed by atoms with Crippen LogP contribution in [0.2, 0.25) is 0 Å². The standard InChI is InChI=1S/C17H20N2S/c1-13(18(2)3)12-19-14-8-4-6-10-16(14)20-17-11-7-5-9-15(17)19/h4-11,13H,12H2,1-3H3/i1D3,4D,5D,6D,7D,8D,9D,10D,11D,13D. The van der Waals surface area contributed by atoms with Crippen LogP contribution in [0, 0.1) is 0 Å². The zero-order chi connectivity index (χ0) is 24.5. The van der Waals surface area contributed by atoms with E-state index in [9.17, 15) is 0 Å². The lowest BCUT2D eigenvalue weighted by Gasteiger charge is -2.36. The average Bonchev–Trinajstić information content (AvgIpc) is 2.71. The van der Waals surface area contributed by atoms with Gasteiger partial charge in [-0.2, -0.15) is 0 Å². The van der Waals surface area contributed by atoms with Crippen LogP contribution in [-0.2, 0) is 0 Å². The second kappa shape index (κ2) is 5.51. The molecule has 0 aliphatic carbocycles. The predicted octanol–water partition coefficient (Wildman–Crippen LogP) is 4.24. The molecule has 0 saturated carbocycles. The number of fused-ring (bicyclic) bond motifs is 2. The molecule has 0 spiro atoms. The number of anilines is 2. The van der Waals surface area contributed by atoms with E-state index < -0.39 is 67.8 Å². The first-order chi connectivity index (χ1) is 14.6. The number of hydrogen-bond acceptors (Lipinski definition) is 3. The van der Waals surface area contributed by atoms with Gasteiger partial charge in [-0.3, -0.25) is 0 Å². The first-order valence-electron chi connectivity index (χ1n) is 11.9. The van der Waals surface area contributed by atoms with Gasteiger partial charge in [0.05, 0.1) is 22.3 Å². The topological polar surface area (TPSA) is 6.48 Å². The minimum Gasteiger partial charge on any atom is -0.338 e. The average molecular weight is 297 g/mol. The van der Waals surface area contributed by atoms with Gasteiger partial charge in [0, 0.05) is 27.8 Å². The highest BCUT2D eigenvalue weighted by molar-refractivity contribution is 7.99. The Labute approximate surface area is 142 Å². The number of benzene rings is 2. The molecule has 1 atom stereocenters. The molecule has 0 radical (unpaired) electrons. The van der Waals surface area contributed by atoms with Crippen LogP contribution in [0.5, 0.6) is 0 Å². The molecule has 1 heterocycles. The Bertz CT molecular complexity index is 1050. The third-order valence-electron chi connectivity index (χ3n) is 2.86. The zero-order valence-corrected chi connectivity index (χ0v) is 11.8. The normalized spacial score (nSPS) is 25.6.